The fourth-order valence-electron chi connectivity index (χ4n) is 3.44. The normalized spacial score (nSPS) is 12.9. The zero-order valence-corrected chi connectivity index (χ0v) is 16.8. The molecule has 1 N–H and O–H groups in total. The van der Waals surface area contributed by atoms with E-state index >= 15 is 0 Å². The summed E-state index contributed by atoms with van der Waals surface area (Å²) in [6, 6.07) is 5.95. The van der Waals surface area contributed by atoms with Crippen LogP contribution in [0.3, 0.4) is 0 Å². The highest BCUT2D eigenvalue weighted by molar-refractivity contribution is 7.18. The Balaban J connectivity index is 1.33. The van der Waals surface area contributed by atoms with Gasteiger partial charge in [0.25, 0.3) is 5.56 Å². The Morgan fingerprint density at radius 2 is 2.14 bits per heavy atom. The maximum absolute atomic E-state index is 12.4. The maximum Gasteiger partial charge on any atom is 0.309 e. The van der Waals surface area contributed by atoms with Gasteiger partial charge in [-0.1, -0.05) is 12.1 Å². The molecule has 7 heteroatoms. The van der Waals surface area contributed by atoms with Gasteiger partial charge in [-0.15, -0.1) is 11.3 Å². The molecule has 0 unspecified atom stereocenters. The van der Waals surface area contributed by atoms with E-state index in [2.05, 4.69) is 9.97 Å². The largest absolute Gasteiger partial charge is 0.493 e. The highest BCUT2D eigenvalue weighted by atomic mass is 32.1. The van der Waals surface area contributed by atoms with Gasteiger partial charge < -0.3 is 14.5 Å². The van der Waals surface area contributed by atoms with Gasteiger partial charge in [0.2, 0.25) is 0 Å². The van der Waals surface area contributed by atoms with Crippen LogP contribution in [0, 0.1) is 13.8 Å². The van der Waals surface area contributed by atoms with Crippen molar-refractivity contribution in [2.24, 2.45) is 0 Å². The number of hydrogen-bond donors (Lipinski definition) is 1. The highest BCUT2D eigenvalue weighted by Gasteiger charge is 2.21. The predicted octanol–water partition coefficient (Wildman–Crippen LogP) is 3.60. The lowest BCUT2D eigenvalue weighted by atomic mass is 10.1. The van der Waals surface area contributed by atoms with Crippen LogP contribution in [-0.4, -0.2) is 22.5 Å². The van der Waals surface area contributed by atoms with Crippen molar-refractivity contribution < 1.29 is 14.3 Å². The topological polar surface area (TPSA) is 81.3 Å². The fraction of sp³-hybridized carbons (Fsp3) is 0.381. The number of fused-ring (bicyclic) bond motifs is 3. The monoisotopic (exact) mass is 398 g/mol. The number of carbonyl (C=O) groups is 1. The molecule has 2 heterocycles. The molecule has 6 nitrogen and oxygen atoms in total. The number of H-pyrrole nitrogens is 1. The molecule has 2 aromatic heterocycles. The summed E-state index contributed by atoms with van der Waals surface area (Å²) in [4.78, 5) is 33.6. The number of hydrogen-bond acceptors (Lipinski definition) is 6. The first-order valence-corrected chi connectivity index (χ1v) is 10.2. The van der Waals surface area contributed by atoms with E-state index in [-0.39, 0.29) is 31.2 Å². The van der Waals surface area contributed by atoms with Gasteiger partial charge in [0.05, 0.1) is 18.4 Å². The van der Waals surface area contributed by atoms with Crippen LogP contribution < -0.4 is 10.3 Å². The molecule has 4 rings (SSSR count). The minimum absolute atomic E-state index is 0.0456. The summed E-state index contributed by atoms with van der Waals surface area (Å²) in [6.45, 7) is 4.15. The van der Waals surface area contributed by atoms with E-state index < -0.39 is 0 Å². The number of carbonyl (C=O) groups excluding carboxylic acids is 1. The smallest absolute Gasteiger partial charge is 0.309 e. The Morgan fingerprint density at radius 1 is 1.29 bits per heavy atom. The fourth-order valence-corrected chi connectivity index (χ4v) is 4.72. The Labute approximate surface area is 166 Å². The van der Waals surface area contributed by atoms with Crippen molar-refractivity contribution >= 4 is 27.5 Å². The standard InChI is InChI=1S/C21H22N2O4S/c1-12-6-7-13(2)15(10-12)26-9-8-18(24)27-11-17-22-20(25)19-14-4-3-5-16(14)28-21(19)23-17/h6-7,10H,3-5,8-9,11H2,1-2H3,(H,22,23,25). The number of nitrogens with zero attached hydrogens (tertiary/aromatic N) is 1. The quantitative estimate of drug-likeness (QED) is 0.642. The van der Waals surface area contributed by atoms with Crippen LogP contribution in [0.25, 0.3) is 10.2 Å². The second-order valence-corrected chi connectivity index (χ2v) is 8.16. The molecule has 0 atom stereocenters. The third-order valence-electron chi connectivity index (χ3n) is 4.90. The molecule has 0 amide bonds. The first-order chi connectivity index (χ1) is 13.5. The first-order valence-electron chi connectivity index (χ1n) is 9.40. The number of aryl methyl sites for hydroxylation is 4. The predicted molar refractivity (Wildman–Crippen MR) is 108 cm³/mol. The summed E-state index contributed by atoms with van der Waals surface area (Å²) in [5, 5.41) is 0.703. The molecule has 0 saturated heterocycles. The Bertz CT molecular complexity index is 1100. The molecule has 0 saturated carbocycles. The number of nitrogens with one attached hydrogen (secondary N) is 1. The van der Waals surface area contributed by atoms with Crippen LogP contribution in [-0.2, 0) is 29.0 Å². The second kappa shape index (κ2) is 7.75. The van der Waals surface area contributed by atoms with Crippen molar-refractivity contribution in [3.05, 3.63) is 55.9 Å². The van der Waals surface area contributed by atoms with Gasteiger partial charge in [-0.25, -0.2) is 4.98 Å². The maximum atomic E-state index is 12.4. The Morgan fingerprint density at radius 3 is 3.00 bits per heavy atom. The highest BCUT2D eigenvalue weighted by Crippen LogP contribution is 2.34. The van der Waals surface area contributed by atoms with Gasteiger partial charge in [0, 0.05) is 4.88 Å². The van der Waals surface area contributed by atoms with Gasteiger partial charge in [0.1, 0.15) is 23.0 Å². The molecule has 1 aromatic carbocycles. The van der Waals surface area contributed by atoms with Crippen LogP contribution in [0.2, 0.25) is 0 Å². The summed E-state index contributed by atoms with van der Waals surface area (Å²) in [5.74, 6) is 0.762. The van der Waals surface area contributed by atoms with E-state index in [1.165, 1.54) is 4.88 Å². The van der Waals surface area contributed by atoms with Crippen molar-refractivity contribution in [3.8, 4) is 5.75 Å². The van der Waals surface area contributed by atoms with E-state index in [9.17, 15) is 9.59 Å². The van der Waals surface area contributed by atoms with Crippen molar-refractivity contribution in [2.75, 3.05) is 6.61 Å². The van der Waals surface area contributed by atoms with E-state index in [0.717, 1.165) is 46.5 Å². The zero-order valence-electron chi connectivity index (χ0n) is 16.0. The van der Waals surface area contributed by atoms with Gasteiger partial charge in [0.15, 0.2) is 0 Å². The third-order valence-corrected chi connectivity index (χ3v) is 6.09. The second-order valence-electron chi connectivity index (χ2n) is 7.08. The minimum atomic E-state index is -0.387. The van der Waals surface area contributed by atoms with Crippen LogP contribution >= 0.6 is 11.3 Å². The number of aromatic amines is 1. The van der Waals surface area contributed by atoms with Gasteiger partial charge in [-0.2, -0.15) is 0 Å². The van der Waals surface area contributed by atoms with Crippen LogP contribution in [0.15, 0.2) is 23.0 Å². The molecule has 146 valence electrons. The lowest BCUT2D eigenvalue weighted by Gasteiger charge is -2.10. The number of benzene rings is 1. The average molecular weight is 398 g/mol. The number of thiophene rings is 1. The summed E-state index contributed by atoms with van der Waals surface area (Å²) < 4.78 is 10.9. The minimum Gasteiger partial charge on any atom is -0.493 e. The van der Waals surface area contributed by atoms with Gasteiger partial charge >= 0.3 is 5.97 Å². The lowest BCUT2D eigenvalue weighted by molar-refractivity contribution is -0.145. The number of aromatic nitrogens is 2. The summed E-state index contributed by atoms with van der Waals surface area (Å²) in [6.07, 6.45) is 3.18. The van der Waals surface area contributed by atoms with Crippen LogP contribution in [0.1, 0.15) is 40.2 Å². The first kappa shape index (κ1) is 18.7. The van der Waals surface area contributed by atoms with E-state index in [1.807, 2.05) is 32.0 Å². The molecule has 0 fully saturated rings. The molecule has 0 spiro atoms. The molecule has 0 aliphatic heterocycles. The number of ether oxygens (including phenoxy) is 2. The van der Waals surface area contributed by atoms with Gasteiger partial charge in [-0.05, 0) is 55.9 Å². The van der Waals surface area contributed by atoms with Crippen LogP contribution in [0.4, 0.5) is 0 Å². The molecular formula is C21H22N2O4S. The SMILES string of the molecule is Cc1ccc(C)c(OCCC(=O)OCc2nc3sc4c(c3c(=O)[nH]2)CCC4)c1. The van der Waals surface area contributed by atoms with E-state index in [1.54, 1.807) is 11.3 Å². The summed E-state index contributed by atoms with van der Waals surface area (Å²) >= 11 is 1.57. The molecular weight excluding hydrogens is 376 g/mol. The molecule has 0 radical (unpaired) electrons. The summed E-state index contributed by atoms with van der Waals surface area (Å²) in [7, 11) is 0. The summed E-state index contributed by atoms with van der Waals surface area (Å²) in [5.41, 5.74) is 3.12. The van der Waals surface area contributed by atoms with Crippen molar-refractivity contribution in [1.29, 1.82) is 0 Å². The molecule has 1 aliphatic carbocycles. The van der Waals surface area contributed by atoms with E-state index in [0.29, 0.717) is 11.2 Å². The Hall–Kier alpha value is -2.67. The van der Waals surface area contributed by atoms with Gasteiger partial charge in [-0.3, -0.25) is 9.59 Å². The number of esters is 1. The van der Waals surface area contributed by atoms with Crippen molar-refractivity contribution in [2.45, 2.75) is 46.1 Å². The average Bonchev–Trinajstić information content (AvgIpc) is 3.23. The molecule has 0 bridgehead atoms. The molecule has 28 heavy (non-hydrogen) atoms. The van der Waals surface area contributed by atoms with Crippen LogP contribution in [0.5, 0.6) is 5.75 Å². The van der Waals surface area contributed by atoms with Crippen molar-refractivity contribution in [3.63, 3.8) is 0 Å². The lowest BCUT2D eigenvalue weighted by Crippen LogP contribution is -2.15. The van der Waals surface area contributed by atoms with Crippen molar-refractivity contribution in [1.82, 2.24) is 9.97 Å². The number of rotatable bonds is 6. The Kier molecular flexibility index (Phi) is 5.17. The van der Waals surface area contributed by atoms with E-state index in [4.69, 9.17) is 9.47 Å². The molecule has 3 aromatic rings. The third kappa shape index (κ3) is 3.80. The zero-order chi connectivity index (χ0) is 19.7. The molecule has 1 aliphatic rings.